The molecule has 202 valence electrons. The Balaban J connectivity index is 1.25. The number of fused-ring (bicyclic) bond motifs is 11. The highest BCUT2D eigenvalue weighted by atomic mass is 16.6. The van der Waals surface area contributed by atoms with Crippen molar-refractivity contribution in [2.75, 3.05) is 11.4 Å². The van der Waals surface area contributed by atoms with E-state index in [4.69, 9.17) is 9.47 Å². The normalized spacial score (nSPS) is 16.0. The van der Waals surface area contributed by atoms with Crippen molar-refractivity contribution in [2.24, 2.45) is 0 Å². The third-order valence-electron chi connectivity index (χ3n) is 9.40. The Kier molecular flexibility index (Phi) is 4.92. The Morgan fingerprint density at radius 3 is 2.14 bits per heavy atom. The van der Waals surface area contributed by atoms with Crippen molar-refractivity contribution in [3.63, 3.8) is 0 Å². The van der Waals surface area contributed by atoms with Gasteiger partial charge in [-0.1, -0.05) is 84.9 Å². The maximum Gasteiger partial charge on any atom is 0.193 e. The molecule has 9 rings (SSSR count). The van der Waals surface area contributed by atoms with Gasteiger partial charge in [0.15, 0.2) is 23.0 Å². The number of benzene rings is 5. The molecule has 5 aromatic carbocycles. The van der Waals surface area contributed by atoms with Gasteiger partial charge in [0.25, 0.3) is 0 Å². The first-order chi connectivity index (χ1) is 20.8. The fourth-order valence-corrected chi connectivity index (χ4v) is 7.76. The highest BCUT2D eigenvalue weighted by Crippen LogP contribution is 2.65. The molecule has 3 heteroatoms. The van der Waals surface area contributed by atoms with Crippen molar-refractivity contribution >= 4 is 16.9 Å². The number of allylic oxidation sites excluding steroid dienone is 4. The Bertz CT molecular complexity index is 1940. The van der Waals surface area contributed by atoms with Crippen LogP contribution in [0.15, 0.2) is 127 Å². The van der Waals surface area contributed by atoms with Gasteiger partial charge in [-0.2, -0.15) is 0 Å². The van der Waals surface area contributed by atoms with E-state index in [2.05, 4.69) is 121 Å². The zero-order valence-corrected chi connectivity index (χ0v) is 23.4. The van der Waals surface area contributed by atoms with Crippen LogP contribution in [0, 0.1) is 0 Å². The van der Waals surface area contributed by atoms with Crippen LogP contribution in [0.2, 0.25) is 0 Å². The van der Waals surface area contributed by atoms with E-state index in [1.165, 1.54) is 44.5 Å². The number of hydrogen-bond donors (Lipinski definition) is 0. The van der Waals surface area contributed by atoms with E-state index in [1.807, 2.05) is 12.1 Å². The second-order valence-electron chi connectivity index (χ2n) is 11.4. The van der Waals surface area contributed by atoms with Crippen molar-refractivity contribution in [1.82, 2.24) is 0 Å². The summed E-state index contributed by atoms with van der Waals surface area (Å²) in [6, 6.07) is 39.0. The minimum atomic E-state index is -0.360. The van der Waals surface area contributed by atoms with Gasteiger partial charge < -0.3 is 14.4 Å². The number of rotatable bonds is 3. The average molecular weight is 544 g/mol. The van der Waals surface area contributed by atoms with Gasteiger partial charge in [0.1, 0.15) is 0 Å². The van der Waals surface area contributed by atoms with Crippen molar-refractivity contribution in [2.45, 2.75) is 25.2 Å². The quantitative estimate of drug-likeness (QED) is 0.222. The summed E-state index contributed by atoms with van der Waals surface area (Å²) in [5, 5.41) is 0. The van der Waals surface area contributed by atoms with Crippen molar-refractivity contribution < 1.29 is 9.47 Å². The lowest BCUT2D eigenvalue weighted by atomic mass is 9.69. The molecule has 0 unspecified atom stereocenters. The summed E-state index contributed by atoms with van der Waals surface area (Å²) in [4.78, 5) is 2.27. The summed E-state index contributed by atoms with van der Waals surface area (Å²) in [6.07, 6.45) is 6.78. The Labute approximate surface area is 246 Å². The molecule has 3 nitrogen and oxygen atoms in total. The molecule has 0 saturated heterocycles. The molecule has 0 atom stereocenters. The van der Waals surface area contributed by atoms with Gasteiger partial charge in [0.2, 0.25) is 0 Å². The molecule has 0 bridgehead atoms. The van der Waals surface area contributed by atoms with Crippen LogP contribution in [0.1, 0.15) is 42.0 Å². The Hall–Kier alpha value is -5.02. The number of hydrogen-bond acceptors (Lipinski definition) is 3. The Morgan fingerprint density at radius 1 is 0.667 bits per heavy atom. The fraction of sp³-hybridized carbons (Fsp3) is 0.128. The molecule has 42 heavy (non-hydrogen) atoms. The third kappa shape index (κ3) is 3.00. The van der Waals surface area contributed by atoms with Crippen LogP contribution >= 0.6 is 0 Å². The van der Waals surface area contributed by atoms with Gasteiger partial charge in [-0.05, 0) is 101 Å². The summed E-state index contributed by atoms with van der Waals surface area (Å²) in [5.74, 6) is 3.05. The van der Waals surface area contributed by atoms with Gasteiger partial charge in [-0.3, -0.25) is 0 Å². The van der Waals surface area contributed by atoms with Crippen LogP contribution in [0.3, 0.4) is 0 Å². The summed E-state index contributed by atoms with van der Waals surface area (Å²) in [5.41, 5.74) is 12.5. The predicted octanol–water partition coefficient (Wildman–Crippen LogP) is 10.2. The van der Waals surface area contributed by atoms with E-state index in [9.17, 15) is 0 Å². The molecule has 0 amide bonds. The molecule has 3 aliphatic carbocycles. The van der Waals surface area contributed by atoms with E-state index >= 15 is 0 Å². The zero-order valence-electron chi connectivity index (χ0n) is 23.4. The van der Waals surface area contributed by atoms with Crippen molar-refractivity contribution in [1.29, 1.82) is 0 Å². The van der Waals surface area contributed by atoms with Crippen LogP contribution in [-0.2, 0) is 5.41 Å². The van der Waals surface area contributed by atoms with E-state index in [0.29, 0.717) is 0 Å². The van der Waals surface area contributed by atoms with E-state index in [1.54, 1.807) is 0 Å². The largest absolute Gasteiger partial charge is 0.449 e. The fourth-order valence-electron chi connectivity index (χ4n) is 7.76. The lowest BCUT2D eigenvalue weighted by Crippen LogP contribution is -2.27. The standard InChI is InChI=1S/C39H29NO2/c1-2-40(25-13-4-3-5-14-25)34-21-12-22-35-38(34)42-36-23-29-28-17-8-11-20-32(28)39(33(29)24-37(36)41-35)30-18-9-6-15-26(30)27-16-7-10-19-31(27)39/h3-7,9-16,18-24H,2,8,17H2,1H3. The van der Waals surface area contributed by atoms with Crippen LogP contribution in [0.5, 0.6) is 23.0 Å². The zero-order chi connectivity index (χ0) is 27.8. The highest BCUT2D eigenvalue weighted by Gasteiger charge is 2.53. The summed E-state index contributed by atoms with van der Waals surface area (Å²) in [7, 11) is 0. The van der Waals surface area contributed by atoms with Gasteiger partial charge in [0.05, 0.1) is 11.1 Å². The first kappa shape index (κ1) is 23.7. The predicted molar refractivity (Wildman–Crippen MR) is 169 cm³/mol. The van der Waals surface area contributed by atoms with Gasteiger partial charge in [-0.25, -0.2) is 0 Å². The molecule has 0 aromatic heterocycles. The van der Waals surface area contributed by atoms with Crippen LogP contribution < -0.4 is 14.4 Å². The summed E-state index contributed by atoms with van der Waals surface area (Å²) >= 11 is 0. The number of ether oxygens (including phenoxy) is 2. The monoisotopic (exact) mass is 543 g/mol. The third-order valence-corrected chi connectivity index (χ3v) is 9.40. The van der Waals surface area contributed by atoms with E-state index < -0.39 is 0 Å². The van der Waals surface area contributed by atoms with Crippen LogP contribution in [0.4, 0.5) is 11.4 Å². The molecular weight excluding hydrogens is 514 g/mol. The van der Waals surface area contributed by atoms with Crippen LogP contribution in [-0.4, -0.2) is 6.54 Å². The first-order valence-corrected chi connectivity index (χ1v) is 14.9. The highest BCUT2D eigenvalue weighted by molar-refractivity contribution is 5.96. The average Bonchev–Trinajstić information content (AvgIpc) is 3.51. The van der Waals surface area contributed by atoms with E-state index in [-0.39, 0.29) is 5.41 Å². The Morgan fingerprint density at radius 2 is 1.38 bits per heavy atom. The van der Waals surface area contributed by atoms with Crippen LogP contribution in [0.25, 0.3) is 16.7 Å². The molecule has 0 radical (unpaired) electrons. The second-order valence-corrected chi connectivity index (χ2v) is 11.4. The van der Waals surface area contributed by atoms with Gasteiger partial charge in [-0.15, -0.1) is 0 Å². The minimum Gasteiger partial charge on any atom is -0.449 e. The molecule has 0 N–H and O–H groups in total. The first-order valence-electron chi connectivity index (χ1n) is 14.9. The SMILES string of the molecule is CCN(c1ccccc1)c1cccc2c1Oc1cc3c(cc1O2)C1(C2=C3CCC=C2)c2ccccc2-c2ccccc21. The molecule has 0 fully saturated rings. The number of para-hydroxylation sites is 2. The van der Waals surface area contributed by atoms with E-state index in [0.717, 1.165) is 53.8 Å². The summed E-state index contributed by atoms with van der Waals surface area (Å²) in [6.45, 7) is 2.98. The van der Waals surface area contributed by atoms with Crippen molar-refractivity contribution in [3.05, 3.63) is 149 Å². The summed E-state index contributed by atoms with van der Waals surface area (Å²) < 4.78 is 13.5. The minimum absolute atomic E-state index is 0.360. The molecule has 1 heterocycles. The van der Waals surface area contributed by atoms with Crippen molar-refractivity contribution in [3.8, 4) is 34.1 Å². The molecule has 5 aromatic rings. The maximum absolute atomic E-state index is 6.80. The van der Waals surface area contributed by atoms with Gasteiger partial charge in [0, 0.05) is 12.2 Å². The molecular formula is C39H29NO2. The molecule has 4 aliphatic rings. The maximum atomic E-state index is 6.80. The number of anilines is 2. The molecule has 1 aliphatic heterocycles. The number of nitrogens with zero attached hydrogens (tertiary/aromatic N) is 1. The molecule has 0 saturated carbocycles. The second kappa shape index (κ2) is 8.74. The smallest absolute Gasteiger partial charge is 0.193 e. The van der Waals surface area contributed by atoms with Gasteiger partial charge >= 0.3 is 0 Å². The lowest BCUT2D eigenvalue weighted by Gasteiger charge is -2.33. The molecule has 1 spiro atoms. The lowest BCUT2D eigenvalue weighted by molar-refractivity contribution is 0.359. The topological polar surface area (TPSA) is 21.7 Å².